The van der Waals surface area contributed by atoms with Crippen LogP contribution in [0.15, 0.2) is 42.5 Å². The Morgan fingerprint density at radius 2 is 1.81 bits per heavy atom. The molecule has 0 radical (unpaired) electrons. The molecule has 0 aliphatic carbocycles. The summed E-state index contributed by atoms with van der Waals surface area (Å²) in [5.41, 5.74) is 4.07. The van der Waals surface area contributed by atoms with Gasteiger partial charge >= 0.3 is 0 Å². The molecule has 21 heavy (non-hydrogen) atoms. The molecular formula is C17H20N2O2. The summed E-state index contributed by atoms with van der Waals surface area (Å²) in [6, 6.07) is 13.4. The number of benzene rings is 2. The summed E-state index contributed by atoms with van der Waals surface area (Å²) in [5.74, 6) is 0.682. The zero-order chi connectivity index (χ0) is 15.2. The average molecular weight is 284 g/mol. The van der Waals surface area contributed by atoms with Crippen LogP contribution in [0.2, 0.25) is 0 Å². The van der Waals surface area contributed by atoms with Crippen molar-refractivity contribution in [1.82, 2.24) is 0 Å². The molecule has 110 valence electrons. The lowest BCUT2D eigenvalue weighted by Crippen LogP contribution is -2.22. The van der Waals surface area contributed by atoms with Crippen LogP contribution in [0.25, 0.3) is 0 Å². The molecule has 4 nitrogen and oxygen atoms in total. The molecule has 4 heteroatoms. The van der Waals surface area contributed by atoms with Crippen LogP contribution in [0, 0.1) is 13.8 Å². The SMILES string of the molecule is COc1ccc(NC(=O)CNc2ccc(C)cc2C)cc1. The minimum Gasteiger partial charge on any atom is -0.497 e. The number of ether oxygens (including phenoxy) is 1. The Morgan fingerprint density at radius 1 is 1.10 bits per heavy atom. The molecule has 2 N–H and O–H groups in total. The molecule has 0 unspecified atom stereocenters. The van der Waals surface area contributed by atoms with Crippen LogP contribution in [0.3, 0.4) is 0 Å². The number of amides is 1. The Morgan fingerprint density at radius 3 is 2.43 bits per heavy atom. The Bertz CT molecular complexity index is 621. The van der Waals surface area contributed by atoms with Gasteiger partial charge < -0.3 is 15.4 Å². The molecule has 0 spiro atoms. The van der Waals surface area contributed by atoms with E-state index in [9.17, 15) is 4.79 Å². The Kier molecular flexibility index (Phi) is 4.82. The predicted molar refractivity (Wildman–Crippen MR) is 86.0 cm³/mol. The molecule has 0 saturated carbocycles. The fourth-order valence-electron chi connectivity index (χ4n) is 2.07. The number of nitrogens with one attached hydrogen (secondary N) is 2. The summed E-state index contributed by atoms with van der Waals surface area (Å²) in [6.07, 6.45) is 0. The first-order chi connectivity index (χ1) is 10.1. The number of methoxy groups -OCH3 is 1. The minimum absolute atomic E-state index is 0.0832. The number of aryl methyl sites for hydroxylation is 2. The standard InChI is InChI=1S/C17H20N2O2/c1-12-4-9-16(13(2)10-12)18-11-17(20)19-14-5-7-15(21-3)8-6-14/h4-10,18H,11H2,1-3H3,(H,19,20). The van der Waals surface area contributed by atoms with Crippen LogP contribution in [-0.4, -0.2) is 19.6 Å². The Labute approximate surface area is 125 Å². The van der Waals surface area contributed by atoms with Gasteiger partial charge in [-0.1, -0.05) is 17.7 Å². The van der Waals surface area contributed by atoms with E-state index in [0.717, 1.165) is 22.7 Å². The Hall–Kier alpha value is -2.49. The van der Waals surface area contributed by atoms with E-state index in [1.807, 2.05) is 50.2 Å². The molecule has 2 aromatic carbocycles. The van der Waals surface area contributed by atoms with Gasteiger partial charge in [-0.15, -0.1) is 0 Å². The number of carbonyl (C=O) groups excluding carboxylic acids is 1. The highest BCUT2D eigenvalue weighted by Gasteiger charge is 2.04. The number of anilines is 2. The second kappa shape index (κ2) is 6.79. The third kappa shape index (κ3) is 4.24. The monoisotopic (exact) mass is 284 g/mol. The first kappa shape index (κ1) is 14.9. The van der Waals surface area contributed by atoms with E-state index in [0.29, 0.717) is 0 Å². The number of hydrogen-bond acceptors (Lipinski definition) is 3. The van der Waals surface area contributed by atoms with Gasteiger partial charge in [-0.05, 0) is 49.7 Å². The zero-order valence-electron chi connectivity index (χ0n) is 12.6. The molecule has 0 bridgehead atoms. The van der Waals surface area contributed by atoms with Crippen LogP contribution in [0.1, 0.15) is 11.1 Å². The Balaban J connectivity index is 1.89. The van der Waals surface area contributed by atoms with E-state index in [1.165, 1.54) is 5.56 Å². The summed E-state index contributed by atoms with van der Waals surface area (Å²) in [7, 11) is 1.61. The first-order valence-electron chi connectivity index (χ1n) is 6.83. The summed E-state index contributed by atoms with van der Waals surface area (Å²) in [4.78, 5) is 11.9. The lowest BCUT2D eigenvalue weighted by atomic mass is 10.1. The fourth-order valence-corrected chi connectivity index (χ4v) is 2.07. The van der Waals surface area contributed by atoms with Gasteiger partial charge in [-0.25, -0.2) is 0 Å². The third-order valence-corrected chi connectivity index (χ3v) is 3.20. The maximum Gasteiger partial charge on any atom is 0.243 e. The lowest BCUT2D eigenvalue weighted by Gasteiger charge is -2.11. The summed E-state index contributed by atoms with van der Waals surface area (Å²) in [5, 5.41) is 5.98. The van der Waals surface area contributed by atoms with E-state index in [-0.39, 0.29) is 12.5 Å². The number of hydrogen-bond donors (Lipinski definition) is 2. The number of carbonyl (C=O) groups is 1. The van der Waals surface area contributed by atoms with E-state index in [4.69, 9.17) is 4.74 Å². The highest BCUT2D eigenvalue weighted by molar-refractivity contribution is 5.93. The van der Waals surface area contributed by atoms with Crippen molar-refractivity contribution in [2.75, 3.05) is 24.3 Å². The molecule has 0 heterocycles. The molecule has 2 aromatic rings. The quantitative estimate of drug-likeness (QED) is 0.885. The minimum atomic E-state index is -0.0832. The van der Waals surface area contributed by atoms with Crippen molar-refractivity contribution < 1.29 is 9.53 Å². The van der Waals surface area contributed by atoms with E-state index in [2.05, 4.69) is 16.7 Å². The van der Waals surface area contributed by atoms with Gasteiger partial charge in [0, 0.05) is 11.4 Å². The second-order valence-corrected chi connectivity index (χ2v) is 4.95. The summed E-state index contributed by atoms with van der Waals surface area (Å²) < 4.78 is 5.08. The largest absolute Gasteiger partial charge is 0.497 e. The van der Waals surface area contributed by atoms with Crippen LogP contribution < -0.4 is 15.4 Å². The van der Waals surface area contributed by atoms with Crippen molar-refractivity contribution in [3.8, 4) is 5.75 Å². The van der Waals surface area contributed by atoms with Gasteiger partial charge in [0.2, 0.25) is 5.91 Å². The van der Waals surface area contributed by atoms with Gasteiger partial charge in [-0.3, -0.25) is 4.79 Å². The van der Waals surface area contributed by atoms with Crippen molar-refractivity contribution in [2.24, 2.45) is 0 Å². The van der Waals surface area contributed by atoms with Gasteiger partial charge in [0.05, 0.1) is 13.7 Å². The second-order valence-electron chi connectivity index (χ2n) is 4.95. The molecule has 0 saturated heterocycles. The van der Waals surface area contributed by atoms with Crippen molar-refractivity contribution >= 4 is 17.3 Å². The zero-order valence-corrected chi connectivity index (χ0v) is 12.6. The summed E-state index contributed by atoms with van der Waals surface area (Å²) >= 11 is 0. The summed E-state index contributed by atoms with van der Waals surface area (Å²) in [6.45, 7) is 4.31. The normalized spacial score (nSPS) is 10.0. The van der Waals surface area contributed by atoms with E-state index < -0.39 is 0 Å². The topological polar surface area (TPSA) is 50.4 Å². The molecule has 2 rings (SSSR count). The predicted octanol–water partition coefficient (Wildman–Crippen LogP) is 3.36. The van der Waals surface area contributed by atoms with Crippen molar-refractivity contribution in [1.29, 1.82) is 0 Å². The van der Waals surface area contributed by atoms with Gasteiger partial charge in [-0.2, -0.15) is 0 Å². The van der Waals surface area contributed by atoms with Gasteiger partial charge in [0.1, 0.15) is 5.75 Å². The molecule has 0 aromatic heterocycles. The maximum absolute atomic E-state index is 11.9. The molecule has 1 amide bonds. The number of rotatable bonds is 5. The van der Waals surface area contributed by atoms with Crippen molar-refractivity contribution in [3.05, 3.63) is 53.6 Å². The van der Waals surface area contributed by atoms with Crippen LogP contribution in [-0.2, 0) is 4.79 Å². The lowest BCUT2D eigenvalue weighted by molar-refractivity contribution is -0.114. The van der Waals surface area contributed by atoms with Crippen molar-refractivity contribution in [3.63, 3.8) is 0 Å². The molecule has 0 aliphatic rings. The molecular weight excluding hydrogens is 264 g/mol. The molecule has 0 aliphatic heterocycles. The van der Waals surface area contributed by atoms with E-state index >= 15 is 0 Å². The highest BCUT2D eigenvalue weighted by Crippen LogP contribution is 2.16. The first-order valence-corrected chi connectivity index (χ1v) is 6.83. The smallest absolute Gasteiger partial charge is 0.243 e. The van der Waals surface area contributed by atoms with Crippen LogP contribution >= 0.6 is 0 Å². The van der Waals surface area contributed by atoms with E-state index in [1.54, 1.807) is 7.11 Å². The van der Waals surface area contributed by atoms with Crippen molar-refractivity contribution in [2.45, 2.75) is 13.8 Å². The maximum atomic E-state index is 11.9. The third-order valence-electron chi connectivity index (χ3n) is 3.20. The molecule has 0 fully saturated rings. The van der Waals surface area contributed by atoms with Crippen LogP contribution in [0.5, 0.6) is 5.75 Å². The highest BCUT2D eigenvalue weighted by atomic mass is 16.5. The van der Waals surface area contributed by atoms with Gasteiger partial charge in [0.25, 0.3) is 0 Å². The average Bonchev–Trinajstić information content (AvgIpc) is 2.47. The fraction of sp³-hybridized carbons (Fsp3) is 0.235. The molecule has 0 atom stereocenters. The van der Waals surface area contributed by atoms with Crippen LogP contribution in [0.4, 0.5) is 11.4 Å². The van der Waals surface area contributed by atoms with Gasteiger partial charge in [0.15, 0.2) is 0 Å².